The van der Waals surface area contributed by atoms with Gasteiger partial charge in [0.1, 0.15) is 6.61 Å². The fraction of sp³-hybridized carbons (Fsp3) is 0.833. The highest BCUT2D eigenvalue weighted by Gasteiger charge is 2.40. The number of nitrogens with zero attached hydrogens (tertiary/aromatic N) is 1. The number of unbranched alkanes of at least 4 members (excludes halogenated alkanes) is 1. The largest absolute Gasteiger partial charge is 0.480 e. The predicted molar refractivity (Wildman–Crippen MR) is 66.4 cm³/mol. The van der Waals surface area contributed by atoms with Crippen LogP contribution in [0.25, 0.3) is 0 Å². The average Bonchev–Trinajstić information content (AvgIpc) is 2.24. The molecule has 0 aromatic carbocycles. The van der Waals surface area contributed by atoms with Crippen LogP contribution in [0.1, 0.15) is 26.7 Å². The molecule has 6 nitrogen and oxygen atoms in total. The van der Waals surface area contributed by atoms with Crippen molar-refractivity contribution in [3.8, 4) is 0 Å². The second-order valence-electron chi connectivity index (χ2n) is 4.98. The quantitative estimate of drug-likeness (QED) is 0.603. The van der Waals surface area contributed by atoms with E-state index in [4.69, 9.17) is 9.84 Å². The van der Waals surface area contributed by atoms with Crippen LogP contribution in [0, 0.1) is 0 Å². The predicted octanol–water partition coefficient (Wildman–Crippen LogP) is 0.0782. The Morgan fingerprint density at radius 2 is 2.11 bits per heavy atom. The summed E-state index contributed by atoms with van der Waals surface area (Å²) < 4.78 is 5.26. The van der Waals surface area contributed by atoms with E-state index in [9.17, 15) is 9.59 Å². The number of rotatable bonds is 8. The first-order valence-corrected chi connectivity index (χ1v) is 6.30. The normalized spacial score (nSPS) is 18.1. The number of carbonyl (C=O) groups excluding carboxylic acids is 1. The summed E-state index contributed by atoms with van der Waals surface area (Å²) in [6.07, 6.45) is 2.05. The molecular formula is C12H22N2O4. The maximum atomic E-state index is 11.5. The minimum absolute atomic E-state index is 0.0173. The molecule has 1 aliphatic rings. The number of likely N-dealkylation sites (tertiary alicyclic amines) is 1. The highest BCUT2D eigenvalue weighted by molar-refractivity contribution is 5.78. The lowest BCUT2D eigenvalue weighted by Gasteiger charge is -2.46. The van der Waals surface area contributed by atoms with Gasteiger partial charge in [-0.1, -0.05) is 13.3 Å². The SMILES string of the molecule is CCCCNC(=O)CN1CC(C)(OCC(=O)O)C1. The van der Waals surface area contributed by atoms with E-state index in [2.05, 4.69) is 12.2 Å². The van der Waals surface area contributed by atoms with Crippen molar-refractivity contribution in [3.63, 3.8) is 0 Å². The van der Waals surface area contributed by atoms with Crippen molar-refractivity contribution in [2.45, 2.75) is 32.3 Å². The van der Waals surface area contributed by atoms with Crippen molar-refractivity contribution < 1.29 is 19.4 Å². The van der Waals surface area contributed by atoms with Crippen LogP contribution in [0.2, 0.25) is 0 Å². The summed E-state index contributed by atoms with van der Waals surface area (Å²) in [5.41, 5.74) is -0.428. The topological polar surface area (TPSA) is 78.9 Å². The van der Waals surface area contributed by atoms with Gasteiger partial charge in [-0.3, -0.25) is 9.69 Å². The zero-order valence-electron chi connectivity index (χ0n) is 11.1. The molecule has 104 valence electrons. The molecule has 0 aliphatic carbocycles. The van der Waals surface area contributed by atoms with Gasteiger partial charge in [-0.15, -0.1) is 0 Å². The summed E-state index contributed by atoms with van der Waals surface area (Å²) in [7, 11) is 0. The summed E-state index contributed by atoms with van der Waals surface area (Å²) in [6, 6.07) is 0. The molecule has 0 aromatic heterocycles. The van der Waals surface area contributed by atoms with Crippen LogP contribution < -0.4 is 5.32 Å². The third-order valence-corrected chi connectivity index (χ3v) is 2.88. The van der Waals surface area contributed by atoms with E-state index in [-0.39, 0.29) is 12.5 Å². The van der Waals surface area contributed by atoms with Gasteiger partial charge in [-0.2, -0.15) is 0 Å². The van der Waals surface area contributed by atoms with E-state index in [1.54, 1.807) is 0 Å². The third-order valence-electron chi connectivity index (χ3n) is 2.88. The lowest BCUT2D eigenvalue weighted by atomic mass is 9.96. The van der Waals surface area contributed by atoms with Gasteiger partial charge in [-0.25, -0.2) is 4.79 Å². The first-order valence-electron chi connectivity index (χ1n) is 6.30. The molecule has 1 rings (SSSR count). The van der Waals surface area contributed by atoms with E-state index >= 15 is 0 Å². The molecule has 1 fully saturated rings. The summed E-state index contributed by atoms with van der Waals surface area (Å²) in [5.74, 6) is -0.948. The Balaban J connectivity index is 2.13. The number of hydrogen-bond donors (Lipinski definition) is 2. The van der Waals surface area contributed by atoms with Crippen LogP contribution in [0.15, 0.2) is 0 Å². The number of ether oxygens (including phenoxy) is 1. The van der Waals surface area contributed by atoms with Gasteiger partial charge in [-0.05, 0) is 13.3 Å². The Kier molecular flexibility index (Phi) is 5.55. The number of carboxylic acids is 1. The number of aliphatic carboxylic acids is 1. The van der Waals surface area contributed by atoms with Gasteiger partial charge < -0.3 is 15.2 Å². The number of carboxylic acid groups (broad SMARTS) is 1. The molecule has 0 radical (unpaired) electrons. The van der Waals surface area contributed by atoms with E-state index in [0.717, 1.165) is 19.4 Å². The third kappa shape index (κ3) is 5.01. The summed E-state index contributed by atoms with van der Waals surface area (Å²) in [5, 5.41) is 11.4. The van der Waals surface area contributed by atoms with Crippen molar-refractivity contribution in [1.29, 1.82) is 0 Å². The molecule has 1 amide bonds. The maximum Gasteiger partial charge on any atom is 0.329 e. The van der Waals surface area contributed by atoms with E-state index in [1.807, 2.05) is 11.8 Å². The molecule has 0 bridgehead atoms. The van der Waals surface area contributed by atoms with Crippen LogP contribution >= 0.6 is 0 Å². The minimum atomic E-state index is -0.966. The van der Waals surface area contributed by atoms with Crippen molar-refractivity contribution in [2.24, 2.45) is 0 Å². The molecule has 0 unspecified atom stereocenters. The lowest BCUT2D eigenvalue weighted by molar-refractivity contribution is -0.166. The monoisotopic (exact) mass is 258 g/mol. The number of nitrogens with one attached hydrogen (secondary N) is 1. The fourth-order valence-corrected chi connectivity index (χ4v) is 2.00. The molecular weight excluding hydrogens is 236 g/mol. The van der Waals surface area contributed by atoms with Gasteiger partial charge in [0.25, 0.3) is 0 Å². The van der Waals surface area contributed by atoms with E-state index < -0.39 is 11.6 Å². The molecule has 1 aliphatic heterocycles. The average molecular weight is 258 g/mol. The smallest absolute Gasteiger partial charge is 0.329 e. The fourth-order valence-electron chi connectivity index (χ4n) is 2.00. The number of amides is 1. The van der Waals surface area contributed by atoms with Gasteiger partial charge in [0.15, 0.2) is 0 Å². The van der Waals surface area contributed by atoms with Gasteiger partial charge >= 0.3 is 5.97 Å². The molecule has 0 spiro atoms. The molecule has 18 heavy (non-hydrogen) atoms. The second kappa shape index (κ2) is 6.70. The van der Waals surface area contributed by atoms with Crippen molar-refractivity contribution in [1.82, 2.24) is 10.2 Å². The maximum absolute atomic E-state index is 11.5. The molecule has 6 heteroatoms. The standard InChI is InChI=1S/C12H22N2O4/c1-3-4-5-13-10(15)6-14-8-12(2,9-14)18-7-11(16)17/h3-9H2,1-2H3,(H,13,15)(H,16,17). The Bertz CT molecular complexity index is 300. The zero-order valence-corrected chi connectivity index (χ0v) is 11.1. The molecule has 1 saturated heterocycles. The van der Waals surface area contributed by atoms with E-state index in [1.165, 1.54) is 0 Å². The Morgan fingerprint density at radius 1 is 1.44 bits per heavy atom. The zero-order chi connectivity index (χ0) is 13.6. The summed E-state index contributed by atoms with van der Waals surface area (Å²) in [4.78, 5) is 23.8. The van der Waals surface area contributed by atoms with Crippen molar-refractivity contribution in [3.05, 3.63) is 0 Å². The van der Waals surface area contributed by atoms with Crippen LogP contribution in [-0.2, 0) is 14.3 Å². The van der Waals surface area contributed by atoms with Crippen LogP contribution in [0.4, 0.5) is 0 Å². The Labute approximate surface area is 107 Å². The van der Waals surface area contributed by atoms with Crippen LogP contribution in [0.5, 0.6) is 0 Å². The highest BCUT2D eigenvalue weighted by Crippen LogP contribution is 2.23. The minimum Gasteiger partial charge on any atom is -0.480 e. The highest BCUT2D eigenvalue weighted by atomic mass is 16.5. The lowest BCUT2D eigenvalue weighted by Crippen LogP contribution is -2.63. The van der Waals surface area contributed by atoms with Crippen LogP contribution in [-0.4, -0.2) is 60.3 Å². The van der Waals surface area contributed by atoms with E-state index in [0.29, 0.717) is 19.6 Å². The summed E-state index contributed by atoms with van der Waals surface area (Å²) >= 11 is 0. The van der Waals surface area contributed by atoms with Gasteiger partial charge in [0, 0.05) is 19.6 Å². The molecule has 0 aromatic rings. The molecule has 1 heterocycles. The molecule has 0 atom stereocenters. The number of carbonyl (C=O) groups is 2. The van der Waals surface area contributed by atoms with Gasteiger partial charge in [0.05, 0.1) is 12.1 Å². The van der Waals surface area contributed by atoms with Gasteiger partial charge in [0.2, 0.25) is 5.91 Å². The Hall–Kier alpha value is -1.14. The number of hydrogen-bond acceptors (Lipinski definition) is 4. The first kappa shape index (κ1) is 14.9. The summed E-state index contributed by atoms with van der Waals surface area (Å²) in [6.45, 7) is 5.93. The first-order chi connectivity index (χ1) is 8.45. The van der Waals surface area contributed by atoms with Crippen LogP contribution in [0.3, 0.4) is 0 Å². The Morgan fingerprint density at radius 3 is 2.67 bits per heavy atom. The van der Waals surface area contributed by atoms with Crippen molar-refractivity contribution in [2.75, 3.05) is 32.8 Å². The molecule has 0 saturated carbocycles. The second-order valence-corrected chi connectivity index (χ2v) is 4.98. The molecule has 2 N–H and O–H groups in total. The van der Waals surface area contributed by atoms with Crippen molar-refractivity contribution >= 4 is 11.9 Å².